The Balaban J connectivity index is 1.25. The molecule has 2 saturated heterocycles. The molecular formula is C32H33N5O5S. The van der Waals surface area contributed by atoms with Crippen molar-refractivity contribution >= 4 is 46.4 Å². The topological polar surface area (TPSA) is 121 Å². The van der Waals surface area contributed by atoms with E-state index in [2.05, 4.69) is 10.3 Å². The van der Waals surface area contributed by atoms with Crippen molar-refractivity contribution in [2.24, 2.45) is 4.99 Å². The van der Waals surface area contributed by atoms with Crippen molar-refractivity contribution in [1.29, 1.82) is 0 Å². The minimum atomic E-state index is -0.973. The van der Waals surface area contributed by atoms with Gasteiger partial charge in [0, 0.05) is 18.3 Å². The summed E-state index contributed by atoms with van der Waals surface area (Å²) < 4.78 is 5.32. The van der Waals surface area contributed by atoms with Crippen LogP contribution in [0.1, 0.15) is 55.7 Å². The number of carbonyl (C=O) groups excluding carboxylic acids is 4. The molecule has 1 aromatic heterocycles. The summed E-state index contributed by atoms with van der Waals surface area (Å²) in [5, 5.41) is 2.93. The second-order valence-electron chi connectivity index (χ2n) is 11.3. The predicted octanol–water partition coefficient (Wildman–Crippen LogP) is 5.32. The number of aliphatic imine (C=N–C) groups is 1. The molecule has 3 heterocycles. The molecule has 2 atom stereocenters. The maximum absolute atomic E-state index is 13.6. The normalized spacial score (nSPS) is 19.7. The van der Waals surface area contributed by atoms with E-state index in [1.54, 1.807) is 47.5 Å². The summed E-state index contributed by atoms with van der Waals surface area (Å²) in [6.07, 6.45) is 1.13. The SMILES string of the molecule is CC(C)(C)/N=C1\SC(c2ccc(NC(=O)[C@@H]3CCC(=O)N3C(=O)OCc3ccccc3)cc2)C(=O)N1Cc1ccccn1. The Kier molecular flexibility index (Phi) is 8.91. The van der Waals surface area contributed by atoms with Gasteiger partial charge in [0.2, 0.25) is 17.7 Å². The van der Waals surface area contributed by atoms with Gasteiger partial charge in [0.05, 0.1) is 17.8 Å². The average Bonchev–Trinajstić information content (AvgIpc) is 3.52. The van der Waals surface area contributed by atoms with Crippen LogP contribution in [0.4, 0.5) is 10.5 Å². The second-order valence-corrected chi connectivity index (χ2v) is 12.4. The first-order valence-electron chi connectivity index (χ1n) is 14.0. The summed E-state index contributed by atoms with van der Waals surface area (Å²) in [7, 11) is 0. The smallest absolute Gasteiger partial charge is 0.417 e. The number of carbonyl (C=O) groups is 4. The molecule has 1 N–H and O–H groups in total. The molecule has 2 aliphatic heterocycles. The van der Waals surface area contributed by atoms with Crippen molar-refractivity contribution in [3.63, 3.8) is 0 Å². The number of anilines is 1. The number of aromatic nitrogens is 1. The molecule has 0 spiro atoms. The van der Waals surface area contributed by atoms with Crippen LogP contribution in [0.25, 0.3) is 0 Å². The molecule has 43 heavy (non-hydrogen) atoms. The number of hydrogen-bond acceptors (Lipinski definition) is 8. The maximum Gasteiger partial charge on any atom is 0.417 e. The van der Waals surface area contributed by atoms with E-state index in [4.69, 9.17) is 9.73 Å². The fraction of sp³-hybridized carbons (Fsp3) is 0.312. The Morgan fingerprint density at radius 2 is 1.74 bits per heavy atom. The third-order valence-corrected chi connectivity index (χ3v) is 8.05. The fourth-order valence-corrected chi connectivity index (χ4v) is 6.10. The molecular weight excluding hydrogens is 566 g/mol. The van der Waals surface area contributed by atoms with Crippen molar-refractivity contribution in [1.82, 2.24) is 14.8 Å². The van der Waals surface area contributed by atoms with Gasteiger partial charge in [-0.1, -0.05) is 60.3 Å². The number of rotatable bonds is 7. The number of amides is 4. The Bertz CT molecular complexity index is 1520. The van der Waals surface area contributed by atoms with Crippen LogP contribution < -0.4 is 5.32 Å². The molecule has 0 bridgehead atoms. The Morgan fingerprint density at radius 3 is 2.42 bits per heavy atom. The van der Waals surface area contributed by atoms with Gasteiger partial charge in [-0.3, -0.25) is 29.3 Å². The molecule has 4 amide bonds. The van der Waals surface area contributed by atoms with Crippen molar-refractivity contribution in [3.8, 4) is 0 Å². The molecule has 2 fully saturated rings. The van der Waals surface area contributed by atoms with Crippen molar-refractivity contribution < 1.29 is 23.9 Å². The zero-order valence-corrected chi connectivity index (χ0v) is 25.0. The number of nitrogens with one attached hydrogen (secondary N) is 1. The minimum absolute atomic E-state index is 0.00137. The first-order valence-corrected chi connectivity index (χ1v) is 14.9. The van der Waals surface area contributed by atoms with Gasteiger partial charge in [0.15, 0.2) is 5.17 Å². The van der Waals surface area contributed by atoms with E-state index < -0.39 is 29.2 Å². The van der Waals surface area contributed by atoms with Gasteiger partial charge in [0.25, 0.3) is 0 Å². The minimum Gasteiger partial charge on any atom is -0.444 e. The zero-order chi connectivity index (χ0) is 30.6. The van der Waals surface area contributed by atoms with E-state index in [1.165, 1.54) is 11.8 Å². The van der Waals surface area contributed by atoms with Crippen LogP contribution in [-0.2, 0) is 32.3 Å². The second kappa shape index (κ2) is 12.8. The Labute approximate surface area is 254 Å². The van der Waals surface area contributed by atoms with Crippen LogP contribution in [0.15, 0.2) is 84.0 Å². The molecule has 2 aromatic carbocycles. The van der Waals surface area contributed by atoms with E-state index >= 15 is 0 Å². The summed E-state index contributed by atoms with van der Waals surface area (Å²) in [5.74, 6) is -1.03. The van der Waals surface area contributed by atoms with Crippen LogP contribution in [0.3, 0.4) is 0 Å². The molecule has 1 unspecified atom stereocenters. The number of imide groups is 1. The predicted molar refractivity (Wildman–Crippen MR) is 164 cm³/mol. The summed E-state index contributed by atoms with van der Waals surface area (Å²) in [6.45, 7) is 6.26. The van der Waals surface area contributed by atoms with Crippen molar-refractivity contribution in [3.05, 3.63) is 95.8 Å². The molecule has 3 aromatic rings. The molecule has 222 valence electrons. The number of hydrogen-bond donors (Lipinski definition) is 1. The van der Waals surface area contributed by atoms with Gasteiger partial charge in [-0.2, -0.15) is 0 Å². The fourth-order valence-electron chi connectivity index (χ4n) is 4.76. The monoisotopic (exact) mass is 599 g/mol. The lowest BCUT2D eigenvalue weighted by Crippen LogP contribution is -2.45. The van der Waals surface area contributed by atoms with Gasteiger partial charge in [-0.05, 0) is 62.6 Å². The van der Waals surface area contributed by atoms with E-state index in [9.17, 15) is 19.2 Å². The highest BCUT2D eigenvalue weighted by atomic mass is 32.2. The van der Waals surface area contributed by atoms with E-state index in [-0.39, 0.29) is 30.9 Å². The summed E-state index contributed by atoms with van der Waals surface area (Å²) in [6, 6.07) is 20.7. The number of thioether (sulfide) groups is 1. The summed E-state index contributed by atoms with van der Waals surface area (Å²) in [5.41, 5.74) is 2.41. The summed E-state index contributed by atoms with van der Waals surface area (Å²) in [4.78, 5) is 63.6. The highest BCUT2D eigenvalue weighted by Gasteiger charge is 2.42. The van der Waals surface area contributed by atoms with Crippen molar-refractivity contribution in [2.45, 2.75) is 63.6 Å². The molecule has 2 aliphatic rings. The van der Waals surface area contributed by atoms with Crippen LogP contribution >= 0.6 is 11.8 Å². The first-order chi connectivity index (χ1) is 20.6. The first kappa shape index (κ1) is 30.0. The van der Waals surface area contributed by atoms with Gasteiger partial charge >= 0.3 is 6.09 Å². The summed E-state index contributed by atoms with van der Waals surface area (Å²) >= 11 is 1.39. The Hall–Kier alpha value is -4.51. The standard InChI is InChI=1S/C32H33N5O5S/c1-32(2,3)35-30-36(19-24-11-7-8-18-33-24)29(40)27(43-30)22-12-14-23(15-13-22)34-28(39)25-16-17-26(38)37(25)31(41)42-20-21-9-5-4-6-10-21/h4-15,18,25,27H,16-17,19-20H2,1-3H3,(H,34,39)/b35-30-/t25-,27?/m0/s1. The average molecular weight is 600 g/mol. The zero-order valence-electron chi connectivity index (χ0n) is 24.2. The third kappa shape index (κ3) is 7.29. The third-order valence-electron chi connectivity index (χ3n) is 6.82. The highest BCUT2D eigenvalue weighted by molar-refractivity contribution is 8.15. The Morgan fingerprint density at radius 1 is 1.02 bits per heavy atom. The van der Waals surface area contributed by atoms with E-state index in [1.807, 2.05) is 57.2 Å². The molecule has 5 rings (SSSR count). The number of benzene rings is 2. The lowest BCUT2D eigenvalue weighted by atomic mass is 10.1. The van der Waals surface area contributed by atoms with Gasteiger partial charge < -0.3 is 10.1 Å². The van der Waals surface area contributed by atoms with E-state index in [0.717, 1.165) is 21.7 Å². The largest absolute Gasteiger partial charge is 0.444 e. The van der Waals surface area contributed by atoms with Crippen molar-refractivity contribution in [2.75, 3.05) is 5.32 Å². The molecule has 10 nitrogen and oxygen atoms in total. The number of amidine groups is 1. The number of pyridine rings is 1. The molecule has 0 aliphatic carbocycles. The van der Waals surface area contributed by atoms with Crippen LogP contribution in [0, 0.1) is 0 Å². The van der Waals surface area contributed by atoms with Gasteiger partial charge in [-0.15, -0.1) is 0 Å². The van der Waals surface area contributed by atoms with Crippen LogP contribution in [0.5, 0.6) is 0 Å². The lowest BCUT2D eigenvalue weighted by Gasteiger charge is -2.22. The number of ether oxygens (including phenoxy) is 1. The van der Waals surface area contributed by atoms with Gasteiger partial charge in [-0.25, -0.2) is 9.69 Å². The number of likely N-dealkylation sites (tertiary alicyclic amines) is 1. The van der Waals surface area contributed by atoms with Crippen LogP contribution in [0.2, 0.25) is 0 Å². The molecule has 11 heteroatoms. The molecule has 0 radical (unpaired) electrons. The quantitative estimate of drug-likeness (QED) is 0.390. The molecule has 0 saturated carbocycles. The lowest BCUT2D eigenvalue weighted by molar-refractivity contribution is -0.131. The highest BCUT2D eigenvalue weighted by Crippen LogP contribution is 2.41. The number of nitrogens with zero attached hydrogens (tertiary/aromatic N) is 4. The maximum atomic E-state index is 13.6. The van der Waals surface area contributed by atoms with Crippen LogP contribution in [-0.4, -0.2) is 55.3 Å². The van der Waals surface area contributed by atoms with Gasteiger partial charge in [0.1, 0.15) is 17.9 Å². The van der Waals surface area contributed by atoms with E-state index in [0.29, 0.717) is 17.4 Å².